The first-order valence-corrected chi connectivity index (χ1v) is 11.1. The van der Waals surface area contributed by atoms with E-state index in [1.165, 1.54) is 16.7 Å². The summed E-state index contributed by atoms with van der Waals surface area (Å²) >= 11 is 3.49. The fourth-order valence-electron chi connectivity index (χ4n) is 3.47. The lowest BCUT2D eigenvalue weighted by atomic mass is 10.1. The molecule has 0 aliphatic rings. The normalized spacial score (nSPS) is 12.0. The van der Waals surface area contributed by atoms with Gasteiger partial charge in [0.1, 0.15) is 25.0 Å². The Morgan fingerprint density at radius 1 is 0.833 bits per heavy atom. The smallest absolute Gasteiger partial charge is 0.243 e. The number of benzene rings is 3. The summed E-state index contributed by atoms with van der Waals surface area (Å²) in [6.07, 6.45) is 7.45. The number of aryl methyl sites for hydroxylation is 2. The molecule has 0 aliphatic carbocycles. The quantitative estimate of drug-likeness (QED) is 0.290. The van der Waals surface area contributed by atoms with Gasteiger partial charge >= 0.3 is 0 Å². The lowest BCUT2D eigenvalue weighted by Crippen LogP contribution is -2.35. The largest absolute Gasteiger partial charge is 0.365 e. The van der Waals surface area contributed by atoms with E-state index >= 15 is 0 Å². The number of aromatic nitrogens is 2. The van der Waals surface area contributed by atoms with Crippen LogP contribution in [0.5, 0.6) is 0 Å². The maximum atomic E-state index is 6.35. The summed E-state index contributed by atoms with van der Waals surface area (Å²) in [4.78, 5) is 0. The number of rotatable bonds is 9. The van der Waals surface area contributed by atoms with Crippen LogP contribution in [-0.4, -0.2) is 4.57 Å². The number of imidazole rings is 1. The summed E-state index contributed by atoms with van der Waals surface area (Å²) in [7, 11) is 0. The summed E-state index contributed by atoms with van der Waals surface area (Å²) in [6.45, 7) is 2.33. The molecule has 0 N–H and O–H groups in total. The molecule has 1 heterocycles. The minimum atomic E-state index is -0.00943. The first kappa shape index (κ1) is 20.6. The SMILES string of the molecule is Brc1ccc(COC(C[n+]2ccn(CCc3ccccc3)c2)c2ccccc2)cc1. The van der Waals surface area contributed by atoms with E-state index in [-0.39, 0.29) is 6.10 Å². The Morgan fingerprint density at radius 3 is 2.27 bits per heavy atom. The Kier molecular flexibility index (Phi) is 7.11. The van der Waals surface area contributed by atoms with Crippen molar-refractivity contribution < 1.29 is 9.30 Å². The fourth-order valence-corrected chi connectivity index (χ4v) is 3.74. The van der Waals surface area contributed by atoms with Gasteiger partial charge in [0.15, 0.2) is 0 Å². The average Bonchev–Trinajstić information content (AvgIpc) is 3.25. The van der Waals surface area contributed by atoms with Crippen LogP contribution < -0.4 is 4.57 Å². The van der Waals surface area contributed by atoms with Crippen LogP contribution in [0.25, 0.3) is 0 Å². The van der Waals surface area contributed by atoms with Crippen molar-refractivity contribution >= 4 is 15.9 Å². The van der Waals surface area contributed by atoms with Gasteiger partial charge in [-0.3, -0.25) is 0 Å². The Morgan fingerprint density at radius 2 is 1.53 bits per heavy atom. The zero-order valence-electron chi connectivity index (χ0n) is 16.9. The van der Waals surface area contributed by atoms with Gasteiger partial charge in [0.25, 0.3) is 0 Å². The van der Waals surface area contributed by atoms with Crippen LogP contribution >= 0.6 is 15.9 Å². The number of ether oxygens (including phenoxy) is 1. The van der Waals surface area contributed by atoms with Crippen molar-refractivity contribution in [3.63, 3.8) is 0 Å². The van der Waals surface area contributed by atoms with E-state index in [0.29, 0.717) is 6.61 Å². The van der Waals surface area contributed by atoms with Crippen molar-refractivity contribution in [1.82, 2.24) is 4.57 Å². The number of nitrogens with zero attached hydrogens (tertiary/aromatic N) is 2. The van der Waals surface area contributed by atoms with E-state index in [4.69, 9.17) is 4.74 Å². The molecule has 0 bridgehead atoms. The third-order valence-corrected chi connectivity index (χ3v) is 5.69. The Bertz CT molecular complexity index is 1030. The van der Waals surface area contributed by atoms with Gasteiger partial charge in [0.05, 0.1) is 13.2 Å². The van der Waals surface area contributed by atoms with E-state index in [9.17, 15) is 0 Å². The summed E-state index contributed by atoms with van der Waals surface area (Å²) in [6, 6.07) is 29.4. The first-order chi connectivity index (χ1) is 14.8. The summed E-state index contributed by atoms with van der Waals surface area (Å²) < 4.78 is 11.9. The summed E-state index contributed by atoms with van der Waals surface area (Å²) in [5, 5.41) is 0. The van der Waals surface area contributed by atoms with E-state index in [1.54, 1.807) is 0 Å². The van der Waals surface area contributed by atoms with Crippen molar-refractivity contribution in [2.75, 3.05) is 0 Å². The molecule has 152 valence electrons. The fraction of sp³-hybridized carbons (Fsp3) is 0.192. The molecular weight excluding hydrogens is 436 g/mol. The van der Waals surface area contributed by atoms with Crippen LogP contribution in [0.4, 0.5) is 0 Å². The molecule has 30 heavy (non-hydrogen) atoms. The molecule has 1 unspecified atom stereocenters. The molecule has 3 nitrogen and oxygen atoms in total. The molecule has 0 spiro atoms. The monoisotopic (exact) mass is 461 g/mol. The van der Waals surface area contributed by atoms with Gasteiger partial charge in [-0.25, -0.2) is 9.13 Å². The van der Waals surface area contributed by atoms with E-state index < -0.39 is 0 Å². The van der Waals surface area contributed by atoms with Crippen LogP contribution in [0.1, 0.15) is 22.8 Å². The Hall–Kier alpha value is -2.69. The number of halogens is 1. The molecule has 3 aromatic carbocycles. The topological polar surface area (TPSA) is 18.0 Å². The molecule has 4 heteroatoms. The predicted molar refractivity (Wildman–Crippen MR) is 123 cm³/mol. The predicted octanol–water partition coefficient (Wildman–Crippen LogP) is 5.74. The second kappa shape index (κ2) is 10.4. The maximum Gasteiger partial charge on any atom is 0.243 e. The molecule has 0 saturated carbocycles. The van der Waals surface area contributed by atoms with Crippen molar-refractivity contribution in [3.05, 3.63) is 125 Å². The second-order valence-electron chi connectivity index (χ2n) is 7.42. The zero-order valence-corrected chi connectivity index (χ0v) is 18.5. The van der Waals surface area contributed by atoms with Crippen LogP contribution in [-0.2, 0) is 30.9 Å². The minimum absolute atomic E-state index is 0.00943. The number of hydrogen-bond donors (Lipinski definition) is 0. The lowest BCUT2D eigenvalue weighted by molar-refractivity contribution is -0.704. The van der Waals surface area contributed by atoms with Gasteiger partial charge in [-0.2, -0.15) is 0 Å². The van der Waals surface area contributed by atoms with Crippen molar-refractivity contribution in [1.29, 1.82) is 0 Å². The molecule has 4 aromatic rings. The van der Waals surface area contributed by atoms with Crippen molar-refractivity contribution in [2.24, 2.45) is 0 Å². The Balaban J connectivity index is 1.41. The highest BCUT2D eigenvalue weighted by Gasteiger charge is 2.17. The average molecular weight is 462 g/mol. The highest BCUT2D eigenvalue weighted by atomic mass is 79.9. The summed E-state index contributed by atoms with van der Waals surface area (Å²) in [5.41, 5.74) is 3.72. The van der Waals surface area contributed by atoms with Gasteiger partial charge < -0.3 is 4.74 Å². The van der Waals surface area contributed by atoms with Gasteiger partial charge in [-0.1, -0.05) is 88.7 Å². The molecule has 1 aromatic heterocycles. The zero-order chi connectivity index (χ0) is 20.6. The Labute approximate surface area is 186 Å². The van der Waals surface area contributed by atoms with Crippen LogP contribution in [0.15, 0.2) is 108 Å². The highest BCUT2D eigenvalue weighted by Crippen LogP contribution is 2.20. The first-order valence-electron chi connectivity index (χ1n) is 10.3. The molecule has 0 fully saturated rings. The van der Waals surface area contributed by atoms with E-state index in [0.717, 1.165) is 24.0 Å². The molecular formula is C26H26BrN2O+. The maximum absolute atomic E-state index is 6.35. The van der Waals surface area contributed by atoms with Gasteiger partial charge in [0, 0.05) is 10.9 Å². The third kappa shape index (κ3) is 5.91. The number of hydrogen-bond acceptors (Lipinski definition) is 1. The molecule has 0 radical (unpaired) electrons. The molecule has 0 amide bonds. The molecule has 4 rings (SSSR count). The third-order valence-electron chi connectivity index (χ3n) is 5.16. The summed E-state index contributed by atoms with van der Waals surface area (Å²) in [5.74, 6) is 0. The standard InChI is InChI=1S/C26H26BrN2O/c27-25-13-11-23(12-14-25)20-30-26(24-9-5-2-6-10-24)19-29-18-17-28(21-29)16-15-22-7-3-1-4-8-22/h1-14,17-18,21,26H,15-16,19-20H2/q+1. The molecule has 0 aliphatic heterocycles. The van der Waals surface area contributed by atoms with Gasteiger partial charge in [-0.05, 0) is 28.8 Å². The van der Waals surface area contributed by atoms with Crippen LogP contribution in [0.2, 0.25) is 0 Å². The van der Waals surface area contributed by atoms with Crippen LogP contribution in [0, 0.1) is 0 Å². The van der Waals surface area contributed by atoms with E-state index in [2.05, 4.69) is 123 Å². The second-order valence-corrected chi connectivity index (χ2v) is 8.34. The van der Waals surface area contributed by atoms with Crippen molar-refractivity contribution in [2.45, 2.75) is 32.2 Å². The van der Waals surface area contributed by atoms with Gasteiger partial charge in [0.2, 0.25) is 6.33 Å². The lowest BCUT2D eigenvalue weighted by Gasteiger charge is -2.17. The highest BCUT2D eigenvalue weighted by molar-refractivity contribution is 9.10. The van der Waals surface area contributed by atoms with Crippen molar-refractivity contribution in [3.8, 4) is 0 Å². The van der Waals surface area contributed by atoms with E-state index in [1.807, 2.05) is 6.07 Å². The minimum Gasteiger partial charge on any atom is -0.365 e. The molecule has 1 atom stereocenters. The van der Waals surface area contributed by atoms with Gasteiger partial charge in [-0.15, -0.1) is 0 Å². The van der Waals surface area contributed by atoms with Crippen LogP contribution in [0.3, 0.4) is 0 Å². The molecule has 0 saturated heterocycles.